The second-order valence-corrected chi connectivity index (χ2v) is 9.44. The SMILES string of the molecule is COC(=O)c1ccc(/C=N\NC(=O)CN(c2cc(C)cc(C)c2)S(=O)(=O)c2ccccc2)cc1. The Morgan fingerprint density at radius 2 is 1.59 bits per heavy atom. The Morgan fingerprint density at radius 1 is 0.971 bits per heavy atom. The summed E-state index contributed by atoms with van der Waals surface area (Å²) in [6.45, 7) is 3.26. The van der Waals surface area contributed by atoms with Crippen molar-refractivity contribution < 1.29 is 22.7 Å². The van der Waals surface area contributed by atoms with Crippen LogP contribution in [-0.2, 0) is 19.6 Å². The van der Waals surface area contributed by atoms with Crippen LogP contribution < -0.4 is 9.73 Å². The number of hydrazone groups is 1. The van der Waals surface area contributed by atoms with Gasteiger partial charge >= 0.3 is 5.97 Å². The molecule has 3 rings (SSSR count). The topological polar surface area (TPSA) is 105 Å². The van der Waals surface area contributed by atoms with E-state index in [9.17, 15) is 18.0 Å². The molecular weight excluding hydrogens is 454 g/mol. The van der Waals surface area contributed by atoms with Crippen LogP contribution in [0.25, 0.3) is 0 Å². The summed E-state index contributed by atoms with van der Waals surface area (Å²) in [5.74, 6) is -1.07. The number of nitrogens with one attached hydrogen (secondary N) is 1. The monoisotopic (exact) mass is 479 g/mol. The van der Waals surface area contributed by atoms with Gasteiger partial charge in [-0.2, -0.15) is 5.10 Å². The van der Waals surface area contributed by atoms with Gasteiger partial charge in [-0.25, -0.2) is 18.6 Å². The van der Waals surface area contributed by atoms with Gasteiger partial charge in [0.25, 0.3) is 15.9 Å². The van der Waals surface area contributed by atoms with E-state index in [1.807, 2.05) is 19.9 Å². The molecule has 0 radical (unpaired) electrons. The Morgan fingerprint density at radius 3 is 2.18 bits per heavy atom. The van der Waals surface area contributed by atoms with Gasteiger partial charge in [0.1, 0.15) is 6.54 Å². The number of carbonyl (C=O) groups is 2. The first-order valence-corrected chi connectivity index (χ1v) is 11.8. The van der Waals surface area contributed by atoms with Crippen molar-refractivity contribution >= 4 is 33.8 Å². The summed E-state index contributed by atoms with van der Waals surface area (Å²) in [6, 6.07) is 19.7. The van der Waals surface area contributed by atoms with E-state index in [1.54, 1.807) is 54.6 Å². The van der Waals surface area contributed by atoms with Crippen LogP contribution in [0.2, 0.25) is 0 Å². The van der Waals surface area contributed by atoms with Crippen LogP contribution in [0.15, 0.2) is 82.8 Å². The molecule has 0 aliphatic rings. The quantitative estimate of drug-likeness (QED) is 0.303. The first-order chi connectivity index (χ1) is 16.2. The van der Waals surface area contributed by atoms with Crippen LogP contribution >= 0.6 is 0 Å². The number of esters is 1. The molecule has 1 N–H and O–H groups in total. The number of hydrogen-bond acceptors (Lipinski definition) is 6. The molecule has 0 aliphatic carbocycles. The second kappa shape index (κ2) is 10.8. The van der Waals surface area contributed by atoms with Crippen LogP contribution in [0.3, 0.4) is 0 Å². The van der Waals surface area contributed by atoms with E-state index in [1.165, 1.54) is 25.5 Å². The standard InChI is InChI=1S/C25H25N3O5S/c1-18-13-19(2)15-22(14-18)28(34(31,32)23-7-5-4-6-8-23)17-24(29)27-26-16-20-9-11-21(12-10-20)25(30)33-3/h4-16H,17H2,1-3H3,(H,27,29)/b26-16-. The van der Waals surface area contributed by atoms with E-state index in [4.69, 9.17) is 0 Å². The Labute approximate surface area is 198 Å². The highest BCUT2D eigenvalue weighted by atomic mass is 32.2. The Balaban J connectivity index is 1.80. The molecule has 0 saturated heterocycles. The fourth-order valence-electron chi connectivity index (χ4n) is 3.30. The number of benzene rings is 3. The lowest BCUT2D eigenvalue weighted by molar-refractivity contribution is -0.119. The lowest BCUT2D eigenvalue weighted by atomic mass is 10.1. The third-order valence-electron chi connectivity index (χ3n) is 4.85. The molecule has 3 aromatic carbocycles. The Bertz CT molecular complexity index is 1280. The van der Waals surface area contributed by atoms with Crippen molar-refractivity contribution in [3.05, 3.63) is 95.1 Å². The zero-order valence-corrected chi connectivity index (χ0v) is 19.9. The number of ether oxygens (including phenoxy) is 1. The van der Waals surface area contributed by atoms with Crippen LogP contribution in [0.1, 0.15) is 27.0 Å². The van der Waals surface area contributed by atoms with Crippen LogP contribution in [0, 0.1) is 13.8 Å². The average molecular weight is 480 g/mol. The fraction of sp³-hybridized carbons (Fsp3) is 0.160. The predicted octanol–water partition coefficient (Wildman–Crippen LogP) is 3.44. The molecule has 0 heterocycles. The summed E-state index contributed by atoms with van der Waals surface area (Å²) in [6.07, 6.45) is 1.39. The lowest BCUT2D eigenvalue weighted by Gasteiger charge is -2.24. The number of amides is 1. The van der Waals surface area contributed by atoms with Crippen molar-refractivity contribution in [3.63, 3.8) is 0 Å². The molecule has 9 heteroatoms. The molecule has 0 bridgehead atoms. The van der Waals surface area contributed by atoms with Gasteiger partial charge in [0.2, 0.25) is 0 Å². The van der Waals surface area contributed by atoms with E-state index in [0.29, 0.717) is 16.8 Å². The van der Waals surface area contributed by atoms with Crippen molar-refractivity contribution in [2.24, 2.45) is 5.10 Å². The van der Waals surface area contributed by atoms with Crippen molar-refractivity contribution in [2.75, 3.05) is 18.0 Å². The lowest BCUT2D eigenvalue weighted by Crippen LogP contribution is -2.39. The van der Waals surface area contributed by atoms with Gasteiger partial charge in [0.05, 0.1) is 29.5 Å². The molecule has 0 aliphatic heterocycles. The minimum absolute atomic E-state index is 0.0798. The summed E-state index contributed by atoms with van der Waals surface area (Å²) >= 11 is 0. The summed E-state index contributed by atoms with van der Waals surface area (Å²) in [5, 5.41) is 3.91. The number of methoxy groups -OCH3 is 1. The number of nitrogens with zero attached hydrogens (tertiary/aromatic N) is 2. The highest BCUT2D eigenvalue weighted by Gasteiger charge is 2.27. The van der Waals surface area contributed by atoms with Crippen molar-refractivity contribution in [1.29, 1.82) is 0 Å². The van der Waals surface area contributed by atoms with Crippen LogP contribution in [0.5, 0.6) is 0 Å². The van der Waals surface area contributed by atoms with Crippen molar-refractivity contribution in [3.8, 4) is 0 Å². The average Bonchev–Trinajstić information content (AvgIpc) is 2.82. The minimum atomic E-state index is -4.00. The summed E-state index contributed by atoms with van der Waals surface area (Å²) < 4.78 is 32.5. The molecule has 8 nitrogen and oxygen atoms in total. The maximum atomic E-state index is 13.4. The smallest absolute Gasteiger partial charge is 0.337 e. The maximum absolute atomic E-state index is 13.4. The first-order valence-electron chi connectivity index (χ1n) is 10.4. The van der Waals surface area contributed by atoms with Gasteiger partial charge in [0.15, 0.2) is 0 Å². The van der Waals surface area contributed by atoms with Crippen molar-refractivity contribution in [1.82, 2.24) is 5.43 Å². The van der Waals surface area contributed by atoms with E-state index < -0.39 is 28.4 Å². The molecule has 0 fully saturated rings. The molecule has 0 atom stereocenters. The molecule has 1 amide bonds. The number of anilines is 1. The number of hydrogen-bond donors (Lipinski definition) is 1. The van der Waals surface area contributed by atoms with Gasteiger partial charge < -0.3 is 4.74 Å². The fourth-order valence-corrected chi connectivity index (χ4v) is 4.72. The molecule has 0 unspecified atom stereocenters. The Kier molecular flexibility index (Phi) is 7.80. The van der Waals surface area contributed by atoms with E-state index in [2.05, 4.69) is 15.3 Å². The van der Waals surface area contributed by atoms with Crippen LogP contribution in [-0.4, -0.2) is 40.2 Å². The third-order valence-corrected chi connectivity index (χ3v) is 6.64. The molecule has 0 spiro atoms. The first kappa shape index (κ1) is 24.7. The molecule has 0 saturated carbocycles. The highest BCUT2D eigenvalue weighted by molar-refractivity contribution is 7.92. The number of carbonyl (C=O) groups excluding carboxylic acids is 2. The van der Waals surface area contributed by atoms with Gasteiger partial charge in [-0.15, -0.1) is 0 Å². The third kappa shape index (κ3) is 6.08. The minimum Gasteiger partial charge on any atom is -0.465 e. The summed E-state index contributed by atoms with van der Waals surface area (Å²) in [4.78, 5) is 24.2. The molecule has 0 aromatic heterocycles. The number of aryl methyl sites for hydroxylation is 2. The van der Waals surface area contributed by atoms with E-state index in [-0.39, 0.29) is 4.90 Å². The zero-order chi connectivity index (χ0) is 24.7. The summed E-state index contributed by atoms with van der Waals surface area (Å²) in [5.41, 5.74) is 5.52. The van der Waals surface area contributed by atoms with Gasteiger partial charge in [-0.05, 0) is 66.9 Å². The maximum Gasteiger partial charge on any atom is 0.337 e. The molecule has 3 aromatic rings. The zero-order valence-electron chi connectivity index (χ0n) is 19.1. The number of rotatable bonds is 8. The highest BCUT2D eigenvalue weighted by Crippen LogP contribution is 2.25. The second-order valence-electron chi connectivity index (χ2n) is 7.58. The molecule has 176 valence electrons. The predicted molar refractivity (Wildman–Crippen MR) is 130 cm³/mol. The van der Waals surface area contributed by atoms with Gasteiger partial charge in [0, 0.05) is 0 Å². The summed E-state index contributed by atoms with van der Waals surface area (Å²) in [7, 11) is -2.70. The van der Waals surface area contributed by atoms with Crippen molar-refractivity contribution in [2.45, 2.75) is 18.7 Å². The largest absolute Gasteiger partial charge is 0.465 e. The van der Waals surface area contributed by atoms with E-state index in [0.717, 1.165) is 15.4 Å². The van der Waals surface area contributed by atoms with Crippen LogP contribution in [0.4, 0.5) is 5.69 Å². The molecular formula is C25H25N3O5S. The van der Waals surface area contributed by atoms with Gasteiger partial charge in [-0.1, -0.05) is 36.4 Å². The normalized spacial score (nSPS) is 11.3. The number of sulfonamides is 1. The van der Waals surface area contributed by atoms with E-state index >= 15 is 0 Å². The Hall–Kier alpha value is -3.98. The van der Waals surface area contributed by atoms with Gasteiger partial charge in [-0.3, -0.25) is 9.10 Å². The molecule has 34 heavy (non-hydrogen) atoms.